The minimum atomic E-state index is 0.250. The zero-order valence-electron chi connectivity index (χ0n) is 3.86. The highest BCUT2D eigenvalue weighted by Gasteiger charge is 1.29. The average molecular weight is 76.1 g/mol. The van der Waals surface area contributed by atoms with Crippen LogP contribution in [-0.4, -0.2) is 6.67 Å². The minimum absolute atomic E-state index is 0.250. The standard InChI is InChI=1S/C2H6.CH6N2/c1-2;2-1-3/h1-2H3;1-3H2. The first-order chi connectivity index (χ1) is 2.41. The van der Waals surface area contributed by atoms with E-state index in [-0.39, 0.29) is 6.67 Å². The molecular formula is C3H12N2. The molecule has 0 amide bonds. The van der Waals surface area contributed by atoms with Crippen LogP contribution in [0.5, 0.6) is 0 Å². The van der Waals surface area contributed by atoms with Crippen LogP contribution in [-0.2, 0) is 0 Å². The Morgan fingerprint density at radius 3 is 1.20 bits per heavy atom. The molecule has 0 aliphatic rings. The molecule has 0 saturated heterocycles. The molecule has 0 unspecified atom stereocenters. The van der Waals surface area contributed by atoms with Crippen molar-refractivity contribution in [1.29, 1.82) is 0 Å². The lowest BCUT2D eigenvalue weighted by Crippen LogP contribution is -2.08. The molecule has 2 nitrogen and oxygen atoms in total. The molecule has 2 heteroatoms. The van der Waals surface area contributed by atoms with E-state index in [2.05, 4.69) is 11.5 Å². The van der Waals surface area contributed by atoms with Crippen LogP contribution in [0.25, 0.3) is 0 Å². The Hall–Kier alpha value is -0.0800. The monoisotopic (exact) mass is 76.1 g/mol. The highest BCUT2D eigenvalue weighted by atomic mass is 14.7. The van der Waals surface area contributed by atoms with E-state index >= 15 is 0 Å². The third kappa shape index (κ3) is 2260. The topological polar surface area (TPSA) is 52.0 Å². The molecular weight excluding hydrogens is 64.0 g/mol. The SMILES string of the molecule is CC.NCN. The fourth-order valence-electron chi connectivity index (χ4n) is 0. The summed E-state index contributed by atoms with van der Waals surface area (Å²) < 4.78 is 0. The van der Waals surface area contributed by atoms with Crippen molar-refractivity contribution in [1.82, 2.24) is 0 Å². The second kappa shape index (κ2) is 39.5. The molecule has 0 aromatic heterocycles. The first kappa shape index (κ1) is 8.87. The van der Waals surface area contributed by atoms with E-state index in [4.69, 9.17) is 0 Å². The maximum atomic E-state index is 4.62. The van der Waals surface area contributed by atoms with Gasteiger partial charge in [0.25, 0.3) is 0 Å². The summed E-state index contributed by atoms with van der Waals surface area (Å²) in [6.45, 7) is 4.25. The van der Waals surface area contributed by atoms with Crippen LogP contribution in [0.3, 0.4) is 0 Å². The van der Waals surface area contributed by atoms with Gasteiger partial charge in [-0.15, -0.1) is 0 Å². The smallest absolute Gasteiger partial charge is 0.0403 e. The molecule has 0 fully saturated rings. The second-order valence-corrected chi connectivity index (χ2v) is 0.236. The molecule has 0 aromatic rings. The number of nitrogens with two attached hydrogens (primary N) is 2. The molecule has 0 rings (SSSR count). The summed E-state index contributed by atoms with van der Waals surface area (Å²) in [6.07, 6.45) is 0. The molecule has 4 N–H and O–H groups in total. The van der Waals surface area contributed by atoms with Crippen molar-refractivity contribution in [3.8, 4) is 0 Å². The van der Waals surface area contributed by atoms with Gasteiger partial charge in [-0.1, -0.05) is 13.8 Å². The molecule has 0 radical (unpaired) electrons. The van der Waals surface area contributed by atoms with E-state index in [1.54, 1.807) is 0 Å². The van der Waals surface area contributed by atoms with Crippen molar-refractivity contribution in [3.63, 3.8) is 0 Å². The van der Waals surface area contributed by atoms with Crippen molar-refractivity contribution >= 4 is 0 Å². The number of hydrogen-bond acceptors (Lipinski definition) is 2. The van der Waals surface area contributed by atoms with Crippen LogP contribution in [0.1, 0.15) is 13.8 Å². The van der Waals surface area contributed by atoms with Crippen LogP contribution in [0.2, 0.25) is 0 Å². The summed E-state index contributed by atoms with van der Waals surface area (Å²) in [7, 11) is 0. The minimum Gasteiger partial charge on any atom is -0.319 e. The highest BCUT2D eigenvalue weighted by Crippen LogP contribution is 1.14. The first-order valence-corrected chi connectivity index (χ1v) is 1.82. The second-order valence-electron chi connectivity index (χ2n) is 0.236. The fourth-order valence-corrected chi connectivity index (χ4v) is 0. The summed E-state index contributed by atoms with van der Waals surface area (Å²) in [4.78, 5) is 0. The molecule has 0 spiro atoms. The zero-order valence-corrected chi connectivity index (χ0v) is 3.86. The van der Waals surface area contributed by atoms with Crippen LogP contribution in [0.4, 0.5) is 0 Å². The van der Waals surface area contributed by atoms with Crippen molar-refractivity contribution in [2.24, 2.45) is 11.5 Å². The van der Waals surface area contributed by atoms with Gasteiger partial charge in [0.2, 0.25) is 0 Å². The summed E-state index contributed by atoms with van der Waals surface area (Å²) in [5.74, 6) is 0. The predicted molar refractivity (Wildman–Crippen MR) is 24.6 cm³/mol. The van der Waals surface area contributed by atoms with Gasteiger partial charge < -0.3 is 11.5 Å². The van der Waals surface area contributed by atoms with Gasteiger partial charge in [-0.05, 0) is 0 Å². The number of hydrogen-bond donors (Lipinski definition) is 2. The Morgan fingerprint density at radius 2 is 1.20 bits per heavy atom. The normalized spacial score (nSPS) is 4.80. The molecule has 0 heterocycles. The van der Waals surface area contributed by atoms with Gasteiger partial charge in [-0.25, -0.2) is 0 Å². The molecule has 0 aromatic carbocycles. The lowest BCUT2D eigenvalue weighted by atomic mass is 11.0. The van der Waals surface area contributed by atoms with Gasteiger partial charge in [0.15, 0.2) is 0 Å². The Bertz CT molecular complexity index is 4.85. The van der Waals surface area contributed by atoms with Gasteiger partial charge in [-0.2, -0.15) is 0 Å². The van der Waals surface area contributed by atoms with E-state index in [0.29, 0.717) is 0 Å². The quantitative estimate of drug-likeness (QED) is 0.395. The molecule has 0 aliphatic heterocycles. The third-order valence-corrected chi connectivity index (χ3v) is 0. The van der Waals surface area contributed by atoms with Crippen LogP contribution < -0.4 is 11.5 Å². The van der Waals surface area contributed by atoms with Crippen molar-refractivity contribution in [3.05, 3.63) is 0 Å². The Balaban J connectivity index is 0. The Kier molecular flexibility index (Phi) is 70.0. The molecule has 0 aliphatic carbocycles. The van der Waals surface area contributed by atoms with Gasteiger partial charge in [0.05, 0.1) is 0 Å². The Morgan fingerprint density at radius 1 is 1.20 bits per heavy atom. The van der Waals surface area contributed by atoms with E-state index in [1.807, 2.05) is 13.8 Å². The van der Waals surface area contributed by atoms with E-state index < -0.39 is 0 Å². The van der Waals surface area contributed by atoms with Crippen molar-refractivity contribution in [2.75, 3.05) is 6.67 Å². The molecule has 0 saturated carbocycles. The summed E-state index contributed by atoms with van der Waals surface area (Å²) >= 11 is 0. The van der Waals surface area contributed by atoms with Crippen LogP contribution >= 0.6 is 0 Å². The van der Waals surface area contributed by atoms with Gasteiger partial charge >= 0.3 is 0 Å². The lowest BCUT2D eigenvalue weighted by Gasteiger charge is -1.56. The highest BCUT2D eigenvalue weighted by molar-refractivity contribution is 3.94. The van der Waals surface area contributed by atoms with Gasteiger partial charge in [-0.3, -0.25) is 0 Å². The largest absolute Gasteiger partial charge is 0.319 e. The predicted octanol–water partition coefficient (Wildman–Crippen LogP) is -0.112. The third-order valence-electron chi connectivity index (χ3n) is 0. The summed E-state index contributed by atoms with van der Waals surface area (Å²) in [5, 5.41) is 0. The number of rotatable bonds is 0. The van der Waals surface area contributed by atoms with Gasteiger partial charge in [0, 0.05) is 6.67 Å². The van der Waals surface area contributed by atoms with Crippen LogP contribution in [0.15, 0.2) is 0 Å². The zero-order chi connectivity index (χ0) is 4.71. The van der Waals surface area contributed by atoms with Crippen molar-refractivity contribution in [2.45, 2.75) is 13.8 Å². The lowest BCUT2D eigenvalue weighted by molar-refractivity contribution is 1.07. The molecule has 5 heavy (non-hydrogen) atoms. The van der Waals surface area contributed by atoms with E-state index in [1.165, 1.54) is 0 Å². The maximum Gasteiger partial charge on any atom is 0.0403 e. The first-order valence-electron chi connectivity index (χ1n) is 1.82. The van der Waals surface area contributed by atoms with Crippen LogP contribution in [0, 0.1) is 0 Å². The molecule has 0 bridgehead atoms. The van der Waals surface area contributed by atoms with E-state index in [0.717, 1.165) is 0 Å². The van der Waals surface area contributed by atoms with E-state index in [9.17, 15) is 0 Å². The molecule has 34 valence electrons. The maximum absolute atomic E-state index is 4.62. The van der Waals surface area contributed by atoms with Gasteiger partial charge in [0.1, 0.15) is 0 Å². The molecule has 0 atom stereocenters. The Labute approximate surface area is 33.2 Å². The fraction of sp³-hybridized carbons (Fsp3) is 1.00. The summed E-state index contributed by atoms with van der Waals surface area (Å²) in [5.41, 5.74) is 9.25. The average Bonchev–Trinajstić information content (AvgIpc) is 1.46. The summed E-state index contributed by atoms with van der Waals surface area (Å²) in [6, 6.07) is 0. The van der Waals surface area contributed by atoms with Crippen molar-refractivity contribution < 1.29 is 0 Å².